The Morgan fingerprint density at radius 3 is 2.68 bits per heavy atom. The Hall–Kier alpha value is -3.57. The highest BCUT2D eigenvalue weighted by Crippen LogP contribution is 2.22. The fourth-order valence-electron chi connectivity index (χ4n) is 3.08. The lowest BCUT2D eigenvalue weighted by Gasteiger charge is -2.08. The Balaban J connectivity index is 1.66. The molecule has 0 radical (unpaired) electrons. The van der Waals surface area contributed by atoms with Crippen LogP contribution in [0.3, 0.4) is 0 Å². The number of fused-ring (bicyclic) bond motifs is 1. The van der Waals surface area contributed by atoms with Crippen LogP contribution in [0.25, 0.3) is 10.8 Å². The van der Waals surface area contributed by atoms with Crippen molar-refractivity contribution in [1.29, 1.82) is 0 Å². The molecule has 0 spiro atoms. The molecule has 0 saturated carbocycles. The first kappa shape index (κ1) is 20.7. The van der Waals surface area contributed by atoms with Gasteiger partial charge in [-0.3, -0.25) is 9.48 Å². The minimum Gasteiger partial charge on any atom is -0.481 e. The molecule has 0 aliphatic heterocycles. The molecule has 31 heavy (non-hydrogen) atoms. The number of aromatic nitrogens is 5. The van der Waals surface area contributed by atoms with Gasteiger partial charge in [0.25, 0.3) is 5.56 Å². The Kier molecular flexibility index (Phi) is 5.53. The highest BCUT2D eigenvalue weighted by molar-refractivity contribution is 7.91. The number of hydrogen-bond acceptors (Lipinski definition) is 8. The van der Waals surface area contributed by atoms with Gasteiger partial charge in [0.15, 0.2) is 5.03 Å². The van der Waals surface area contributed by atoms with E-state index in [-0.39, 0.29) is 35.2 Å². The molecule has 0 saturated heterocycles. The second-order valence-corrected chi connectivity index (χ2v) is 8.61. The van der Waals surface area contributed by atoms with Gasteiger partial charge in [0.05, 0.1) is 43.3 Å². The highest BCUT2D eigenvalue weighted by atomic mass is 32.2. The van der Waals surface area contributed by atoms with E-state index in [4.69, 9.17) is 9.84 Å². The van der Waals surface area contributed by atoms with Crippen molar-refractivity contribution in [2.45, 2.75) is 23.0 Å². The summed E-state index contributed by atoms with van der Waals surface area (Å²) in [6.45, 7) is 0.260. The van der Waals surface area contributed by atoms with Gasteiger partial charge in [-0.05, 0) is 29.8 Å². The Bertz CT molecular complexity index is 1390. The van der Waals surface area contributed by atoms with E-state index in [2.05, 4.69) is 15.2 Å². The zero-order valence-corrected chi connectivity index (χ0v) is 17.4. The van der Waals surface area contributed by atoms with E-state index in [1.807, 2.05) is 0 Å². The van der Waals surface area contributed by atoms with Gasteiger partial charge in [0.2, 0.25) is 15.7 Å². The first-order valence-electron chi connectivity index (χ1n) is 9.30. The molecule has 1 N–H and O–H groups in total. The number of methoxy groups -OCH3 is 1. The second-order valence-electron chi connectivity index (χ2n) is 6.71. The number of nitrogens with zero attached hydrogens (tertiary/aromatic N) is 5. The van der Waals surface area contributed by atoms with E-state index in [9.17, 15) is 13.2 Å². The van der Waals surface area contributed by atoms with Crippen LogP contribution in [0.15, 0.2) is 69.7 Å². The predicted octanol–water partition coefficient (Wildman–Crippen LogP) is 0.870. The topological polar surface area (TPSA) is 129 Å². The van der Waals surface area contributed by atoms with Crippen molar-refractivity contribution >= 4 is 20.6 Å². The Labute approximate surface area is 177 Å². The van der Waals surface area contributed by atoms with Gasteiger partial charge in [-0.15, -0.1) is 0 Å². The molecule has 1 aromatic carbocycles. The van der Waals surface area contributed by atoms with Crippen LogP contribution in [0, 0.1) is 0 Å². The van der Waals surface area contributed by atoms with Gasteiger partial charge >= 0.3 is 0 Å². The van der Waals surface area contributed by atoms with Crippen molar-refractivity contribution in [1.82, 2.24) is 24.5 Å². The molecule has 160 valence electrons. The summed E-state index contributed by atoms with van der Waals surface area (Å²) in [6, 6.07) is 9.11. The number of sulfone groups is 1. The summed E-state index contributed by atoms with van der Waals surface area (Å²) in [4.78, 5) is 16.9. The first-order valence-corrected chi connectivity index (χ1v) is 10.8. The molecule has 10 nitrogen and oxygen atoms in total. The van der Waals surface area contributed by atoms with Crippen LogP contribution >= 0.6 is 0 Å². The Morgan fingerprint density at radius 2 is 1.97 bits per heavy atom. The van der Waals surface area contributed by atoms with Crippen molar-refractivity contribution in [3.63, 3.8) is 0 Å². The van der Waals surface area contributed by atoms with Gasteiger partial charge in [-0.2, -0.15) is 10.2 Å². The molecule has 0 aliphatic rings. The van der Waals surface area contributed by atoms with Crippen LogP contribution < -0.4 is 10.3 Å². The monoisotopic (exact) mass is 441 g/mol. The van der Waals surface area contributed by atoms with Gasteiger partial charge in [0, 0.05) is 23.8 Å². The van der Waals surface area contributed by atoms with E-state index in [0.717, 1.165) is 5.56 Å². The van der Waals surface area contributed by atoms with Crippen molar-refractivity contribution in [2.75, 3.05) is 13.7 Å². The fourth-order valence-corrected chi connectivity index (χ4v) is 4.30. The van der Waals surface area contributed by atoms with Crippen LogP contribution in [0.4, 0.5) is 0 Å². The number of benzene rings is 1. The number of rotatable bonds is 7. The molecular formula is C20H19N5O5S. The molecule has 0 fully saturated rings. The summed E-state index contributed by atoms with van der Waals surface area (Å²) in [5.74, 6) is 0.470. The summed E-state index contributed by atoms with van der Waals surface area (Å²) in [7, 11) is -2.36. The maximum Gasteiger partial charge on any atom is 0.274 e. The van der Waals surface area contributed by atoms with Gasteiger partial charge in [-0.1, -0.05) is 6.07 Å². The minimum absolute atomic E-state index is 0.00699. The normalized spacial score (nSPS) is 11.7. The van der Waals surface area contributed by atoms with Gasteiger partial charge in [0.1, 0.15) is 0 Å². The van der Waals surface area contributed by atoms with Crippen LogP contribution in [0.1, 0.15) is 5.56 Å². The van der Waals surface area contributed by atoms with Gasteiger partial charge in [-0.25, -0.2) is 18.1 Å². The van der Waals surface area contributed by atoms with Crippen molar-refractivity contribution in [2.24, 2.45) is 0 Å². The summed E-state index contributed by atoms with van der Waals surface area (Å²) >= 11 is 0. The van der Waals surface area contributed by atoms with Crippen LogP contribution in [0.2, 0.25) is 0 Å². The molecule has 0 aliphatic carbocycles. The molecule has 3 aromatic heterocycles. The summed E-state index contributed by atoms with van der Waals surface area (Å²) in [6.07, 6.45) is 4.54. The zero-order valence-electron chi connectivity index (χ0n) is 16.5. The summed E-state index contributed by atoms with van der Waals surface area (Å²) in [5.41, 5.74) is 0.428. The highest BCUT2D eigenvalue weighted by Gasteiger charge is 2.21. The second kappa shape index (κ2) is 8.28. The van der Waals surface area contributed by atoms with E-state index in [1.165, 1.54) is 53.1 Å². The zero-order chi connectivity index (χ0) is 22.0. The first-order chi connectivity index (χ1) is 14.9. The lowest BCUT2D eigenvalue weighted by atomic mass is 10.2. The number of ether oxygens (including phenoxy) is 1. The third kappa shape index (κ3) is 4.05. The molecule has 3 heterocycles. The fraction of sp³-hybridized carbons (Fsp3) is 0.200. The van der Waals surface area contributed by atoms with Crippen LogP contribution in [-0.4, -0.2) is 51.8 Å². The van der Waals surface area contributed by atoms with Crippen LogP contribution in [-0.2, 0) is 22.9 Å². The van der Waals surface area contributed by atoms with Crippen LogP contribution in [0.5, 0.6) is 5.88 Å². The van der Waals surface area contributed by atoms with Crippen molar-refractivity contribution in [3.05, 3.63) is 70.9 Å². The predicted molar refractivity (Wildman–Crippen MR) is 111 cm³/mol. The molecule has 0 amide bonds. The third-order valence-corrected chi connectivity index (χ3v) is 6.34. The largest absolute Gasteiger partial charge is 0.481 e. The lowest BCUT2D eigenvalue weighted by Crippen LogP contribution is -2.23. The number of hydrogen-bond donors (Lipinski definition) is 1. The van der Waals surface area contributed by atoms with Crippen molar-refractivity contribution < 1.29 is 18.3 Å². The summed E-state index contributed by atoms with van der Waals surface area (Å²) in [5, 5.41) is 17.8. The number of aliphatic hydroxyl groups is 1. The molecular weight excluding hydrogens is 422 g/mol. The molecule has 0 unspecified atom stereocenters. The summed E-state index contributed by atoms with van der Waals surface area (Å²) < 4.78 is 33.4. The van der Waals surface area contributed by atoms with Crippen molar-refractivity contribution in [3.8, 4) is 5.88 Å². The lowest BCUT2D eigenvalue weighted by molar-refractivity contribution is 0.268. The smallest absolute Gasteiger partial charge is 0.274 e. The molecule has 4 rings (SSSR count). The van der Waals surface area contributed by atoms with E-state index >= 15 is 0 Å². The van der Waals surface area contributed by atoms with Gasteiger partial charge < -0.3 is 9.84 Å². The molecule has 11 heteroatoms. The van der Waals surface area contributed by atoms with E-state index < -0.39 is 9.84 Å². The van der Waals surface area contributed by atoms with E-state index in [1.54, 1.807) is 18.3 Å². The maximum absolute atomic E-state index is 12.9. The third-order valence-electron chi connectivity index (χ3n) is 4.69. The molecule has 4 aromatic rings. The standard InChI is InChI=1S/C20H19N5O5S/c1-30-18-5-2-14(11-21-18)13-25-20(27)17-4-3-16(10-15(17)12-22-25)31(28,29)19-6-7-24(23-19)8-9-26/h2-7,10-12,26H,8-9,13H2,1H3. The minimum atomic E-state index is -3.88. The number of pyridine rings is 1. The number of aliphatic hydroxyl groups excluding tert-OH is 1. The molecule has 0 bridgehead atoms. The average Bonchev–Trinajstić information content (AvgIpc) is 3.26. The maximum atomic E-state index is 12.9. The molecule has 0 atom stereocenters. The Morgan fingerprint density at radius 1 is 1.13 bits per heavy atom. The van der Waals surface area contributed by atoms with E-state index in [0.29, 0.717) is 16.7 Å². The average molecular weight is 441 g/mol. The quantitative estimate of drug-likeness (QED) is 0.447. The SMILES string of the molecule is COc1ccc(Cn2ncc3cc(S(=O)(=O)c4ccn(CCO)n4)ccc3c2=O)cn1.